The van der Waals surface area contributed by atoms with Gasteiger partial charge in [0, 0.05) is 5.56 Å². The average Bonchev–Trinajstić information content (AvgIpc) is 2.97. The molecule has 26 heavy (non-hydrogen) atoms. The number of nitrogens with two attached hydrogens (primary N) is 1. The van der Waals surface area contributed by atoms with Gasteiger partial charge in [0.1, 0.15) is 26.9 Å². The first-order chi connectivity index (χ1) is 12.1. The minimum atomic E-state index is -3.98. The summed E-state index contributed by atoms with van der Waals surface area (Å²) in [5.74, 6) is -1.24. The summed E-state index contributed by atoms with van der Waals surface area (Å²) in [6.07, 6.45) is -0.184. The van der Waals surface area contributed by atoms with E-state index in [2.05, 4.69) is 5.32 Å². The fourth-order valence-corrected chi connectivity index (χ4v) is 5.33. The van der Waals surface area contributed by atoms with Crippen molar-refractivity contribution in [2.24, 2.45) is 5.73 Å². The number of aliphatic hydroxyl groups excluding tert-OH is 1. The van der Waals surface area contributed by atoms with Gasteiger partial charge in [0.25, 0.3) is 5.91 Å². The summed E-state index contributed by atoms with van der Waals surface area (Å²) in [5, 5.41) is 22.3. The number of rotatable bonds is 5. The van der Waals surface area contributed by atoms with Crippen LogP contribution in [0, 0.1) is 5.82 Å². The van der Waals surface area contributed by atoms with Gasteiger partial charge in [0.05, 0.1) is 4.90 Å². The van der Waals surface area contributed by atoms with Gasteiger partial charge < -0.3 is 21.3 Å². The van der Waals surface area contributed by atoms with Crippen molar-refractivity contribution < 1.29 is 27.8 Å². The topological polar surface area (TPSA) is 130 Å². The third-order valence-electron chi connectivity index (χ3n) is 4.28. The number of aliphatic hydroxyl groups is 2. The second kappa shape index (κ2) is 6.71. The minimum Gasteiger partial charge on any atom is -0.380 e. The monoisotopic (exact) mass is 400 g/mol. The zero-order valence-corrected chi connectivity index (χ0v) is 15.1. The van der Waals surface area contributed by atoms with E-state index >= 15 is 0 Å². The summed E-state index contributed by atoms with van der Waals surface area (Å²) in [6, 6.07) is 5.45. The second-order valence-corrected chi connectivity index (χ2v) is 9.32. The van der Waals surface area contributed by atoms with Crippen LogP contribution in [0.5, 0.6) is 0 Å². The molecular formula is C16H17FN2O5S2. The number of benzene rings is 1. The standard InChI is InChI=1S/C16H17FN2O5S2/c17-9-2-4-10(5-3-9)26(23,24)12-8-11(13(18)20)14(25-12)19-15(21)16(22)6-1-7-16/h2-5,8,13,20,22H,1,6-7,18H2,(H,19,21). The van der Waals surface area contributed by atoms with E-state index in [9.17, 15) is 27.8 Å². The van der Waals surface area contributed by atoms with E-state index in [1.807, 2.05) is 0 Å². The van der Waals surface area contributed by atoms with Crippen molar-refractivity contribution in [3.05, 3.63) is 41.7 Å². The normalized spacial score (nSPS) is 17.4. The Balaban J connectivity index is 1.96. The van der Waals surface area contributed by atoms with Crippen molar-refractivity contribution in [3.8, 4) is 0 Å². The van der Waals surface area contributed by atoms with Gasteiger partial charge in [0.2, 0.25) is 9.84 Å². The fraction of sp³-hybridized carbons (Fsp3) is 0.312. The van der Waals surface area contributed by atoms with Crippen LogP contribution in [0.1, 0.15) is 31.1 Å². The molecule has 1 saturated carbocycles. The van der Waals surface area contributed by atoms with Crippen LogP contribution in [0.15, 0.2) is 39.4 Å². The van der Waals surface area contributed by atoms with Crippen LogP contribution >= 0.6 is 11.3 Å². The van der Waals surface area contributed by atoms with Gasteiger partial charge in [-0.1, -0.05) is 0 Å². The molecule has 1 heterocycles. The summed E-state index contributed by atoms with van der Waals surface area (Å²) in [4.78, 5) is 12.1. The predicted molar refractivity (Wildman–Crippen MR) is 92.7 cm³/mol. The molecule has 1 aliphatic rings. The number of carbonyl (C=O) groups is 1. The van der Waals surface area contributed by atoms with Gasteiger partial charge in [-0.2, -0.15) is 0 Å². The lowest BCUT2D eigenvalue weighted by molar-refractivity contribution is -0.142. The maximum Gasteiger partial charge on any atom is 0.256 e. The lowest BCUT2D eigenvalue weighted by atomic mass is 9.79. The molecule has 0 saturated heterocycles. The lowest BCUT2D eigenvalue weighted by Gasteiger charge is -2.34. The van der Waals surface area contributed by atoms with Gasteiger partial charge >= 0.3 is 0 Å². The van der Waals surface area contributed by atoms with E-state index in [-0.39, 0.29) is 19.7 Å². The number of sulfone groups is 1. The molecule has 1 aromatic heterocycles. The molecule has 1 unspecified atom stereocenters. The molecule has 3 rings (SSSR count). The molecule has 10 heteroatoms. The number of hydrogen-bond acceptors (Lipinski definition) is 7. The quantitative estimate of drug-likeness (QED) is 0.445. The number of anilines is 1. The first-order valence-corrected chi connectivity index (χ1v) is 10.1. The Labute approximate surface area is 153 Å². The van der Waals surface area contributed by atoms with E-state index in [4.69, 9.17) is 5.73 Å². The van der Waals surface area contributed by atoms with E-state index in [0.29, 0.717) is 30.6 Å². The van der Waals surface area contributed by atoms with Crippen LogP contribution in [0.4, 0.5) is 9.39 Å². The zero-order valence-electron chi connectivity index (χ0n) is 13.5. The van der Waals surface area contributed by atoms with Crippen LogP contribution in [0.25, 0.3) is 0 Å². The van der Waals surface area contributed by atoms with Crippen molar-refractivity contribution in [1.82, 2.24) is 0 Å². The predicted octanol–water partition coefficient (Wildman–Crippen LogP) is 1.52. The molecule has 1 fully saturated rings. The van der Waals surface area contributed by atoms with Crippen molar-refractivity contribution in [2.75, 3.05) is 5.32 Å². The van der Waals surface area contributed by atoms with Gasteiger partial charge in [-0.05, 0) is 49.6 Å². The molecule has 0 radical (unpaired) electrons. The van der Waals surface area contributed by atoms with Crippen molar-refractivity contribution in [2.45, 2.75) is 40.2 Å². The van der Waals surface area contributed by atoms with Crippen LogP contribution in [-0.2, 0) is 14.6 Å². The number of nitrogens with one attached hydrogen (secondary N) is 1. The summed E-state index contributed by atoms with van der Waals surface area (Å²) in [7, 11) is -3.98. The number of thiophene rings is 1. The highest BCUT2D eigenvalue weighted by Crippen LogP contribution is 2.39. The molecule has 2 aromatic rings. The molecule has 1 aromatic carbocycles. The first kappa shape index (κ1) is 18.9. The highest BCUT2D eigenvalue weighted by molar-refractivity contribution is 7.93. The maximum absolute atomic E-state index is 13.0. The highest BCUT2D eigenvalue weighted by Gasteiger charge is 2.42. The van der Waals surface area contributed by atoms with Gasteiger partial charge in [-0.25, -0.2) is 12.8 Å². The summed E-state index contributed by atoms with van der Waals surface area (Å²) >= 11 is 0.708. The molecule has 0 aliphatic heterocycles. The Kier molecular flexibility index (Phi) is 4.88. The molecule has 1 aliphatic carbocycles. The Morgan fingerprint density at radius 2 is 1.92 bits per heavy atom. The Bertz CT molecular complexity index is 934. The van der Waals surface area contributed by atoms with Gasteiger partial charge in [-0.15, -0.1) is 11.3 Å². The Morgan fingerprint density at radius 3 is 2.42 bits per heavy atom. The molecule has 0 spiro atoms. The van der Waals surface area contributed by atoms with E-state index in [1.54, 1.807) is 0 Å². The smallest absolute Gasteiger partial charge is 0.256 e. The van der Waals surface area contributed by atoms with Gasteiger partial charge in [0.15, 0.2) is 0 Å². The third kappa shape index (κ3) is 3.38. The van der Waals surface area contributed by atoms with Crippen LogP contribution < -0.4 is 11.1 Å². The first-order valence-electron chi connectivity index (χ1n) is 7.75. The SMILES string of the molecule is NC(O)c1cc(S(=O)(=O)c2ccc(F)cc2)sc1NC(=O)C1(O)CCC1. The molecule has 1 amide bonds. The number of carbonyl (C=O) groups excluding carboxylic acids is 1. The molecule has 0 bridgehead atoms. The van der Waals surface area contributed by atoms with Crippen molar-refractivity contribution in [3.63, 3.8) is 0 Å². The molecule has 5 N–H and O–H groups in total. The van der Waals surface area contributed by atoms with Crippen LogP contribution in [0.3, 0.4) is 0 Å². The Hall–Kier alpha value is -1.85. The second-order valence-electron chi connectivity index (χ2n) is 6.09. The largest absolute Gasteiger partial charge is 0.380 e. The van der Waals surface area contributed by atoms with Crippen molar-refractivity contribution >= 4 is 32.1 Å². The maximum atomic E-state index is 13.0. The summed E-state index contributed by atoms with van der Waals surface area (Å²) < 4.78 is 38.2. The van der Waals surface area contributed by atoms with E-state index in [0.717, 1.165) is 30.3 Å². The Morgan fingerprint density at radius 1 is 1.31 bits per heavy atom. The lowest BCUT2D eigenvalue weighted by Crippen LogP contribution is -2.48. The molecule has 1 atom stereocenters. The van der Waals surface area contributed by atoms with Crippen LogP contribution in [-0.4, -0.2) is 30.1 Å². The number of halogens is 1. The highest BCUT2D eigenvalue weighted by atomic mass is 32.2. The summed E-state index contributed by atoms with van der Waals surface area (Å²) in [6.45, 7) is 0. The third-order valence-corrected chi connectivity index (χ3v) is 7.59. The summed E-state index contributed by atoms with van der Waals surface area (Å²) in [5.41, 5.74) is 4.00. The molecule has 7 nitrogen and oxygen atoms in total. The van der Waals surface area contributed by atoms with Crippen molar-refractivity contribution in [1.29, 1.82) is 0 Å². The zero-order chi connectivity index (χ0) is 19.1. The van der Waals surface area contributed by atoms with Crippen LogP contribution in [0.2, 0.25) is 0 Å². The van der Waals surface area contributed by atoms with E-state index < -0.39 is 33.4 Å². The number of amides is 1. The average molecular weight is 400 g/mol. The minimum absolute atomic E-state index is 0.0203. The number of hydrogen-bond donors (Lipinski definition) is 4. The fourth-order valence-electron chi connectivity index (χ4n) is 2.52. The van der Waals surface area contributed by atoms with E-state index in [1.165, 1.54) is 0 Å². The molecular weight excluding hydrogens is 383 g/mol. The molecule has 140 valence electrons. The van der Waals surface area contributed by atoms with Gasteiger partial charge in [-0.3, -0.25) is 4.79 Å².